The van der Waals surface area contributed by atoms with Gasteiger partial charge in [-0.3, -0.25) is 4.79 Å². The van der Waals surface area contributed by atoms with Crippen molar-refractivity contribution in [2.24, 2.45) is 0 Å². The Morgan fingerprint density at radius 1 is 1.04 bits per heavy atom. The SMILES string of the molecule is Cc1nc(C(=O)Nc2cccc(F)n2)c(C)n1-c1ccc(F)cc1. The van der Waals surface area contributed by atoms with Gasteiger partial charge in [0.1, 0.15) is 23.2 Å². The van der Waals surface area contributed by atoms with Crippen molar-refractivity contribution >= 4 is 11.7 Å². The molecule has 0 saturated heterocycles. The second-order valence-corrected chi connectivity index (χ2v) is 5.20. The zero-order chi connectivity index (χ0) is 17.3. The molecule has 7 heteroatoms. The fourth-order valence-corrected chi connectivity index (χ4v) is 2.48. The molecule has 0 spiro atoms. The molecule has 3 rings (SSSR count). The summed E-state index contributed by atoms with van der Waals surface area (Å²) in [6, 6.07) is 10.0. The highest BCUT2D eigenvalue weighted by Crippen LogP contribution is 2.19. The van der Waals surface area contributed by atoms with E-state index in [0.29, 0.717) is 17.2 Å². The number of amides is 1. The third kappa shape index (κ3) is 3.01. The second-order valence-electron chi connectivity index (χ2n) is 5.20. The highest BCUT2D eigenvalue weighted by atomic mass is 19.1. The van der Waals surface area contributed by atoms with Crippen LogP contribution < -0.4 is 5.32 Å². The average Bonchev–Trinajstić information content (AvgIpc) is 2.83. The Hall–Kier alpha value is -3.09. The zero-order valence-corrected chi connectivity index (χ0v) is 13.0. The van der Waals surface area contributed by atoms with Crippen LogP contribution in [0.3, 0.4) is 0 Å². The van der Waals surface area contributed by atoms with E-state index in [1.54, 1.807) is 30.5 Å². The molecular formula is C17H14F2N4O. The lowest BCUT2D eigenvalue weighted by Gasteiger charge is -2.08. The number of halogens is 2. The number of nitrogens with zero attached hydrogens (tertiary/aromatic N) is 3. The number of aryl methyl sites for hydroxylation is 1. The van der Waals surface area contributed by atoms with Crippen LogP contribution in [0.5, 0.6) is 0 Å². The van der Waals surface area contributed by atoms with Gasteiger partial charge in [-0.2, -0.15) is 4.39 Å². The van der Waals surface area contributed by atoms with Gasteiger partial charge in [-0.25, -0.2) is 14.4 Å². The predicted molar refractivity (Wildman–Crippen MR) is 85.1 cm³/mol. The Morgan fingerprint density at radius 2 is 1.75 bits per heavy atom. The molecule has 1 amide bonds. The summed E-state index contributed by atoms with van der Waals surface area (Å²) in [4.78, 5) is 20.2. The summed E-state index contributed by atoms with van der Waals surface area (Å²) < 4.78 is 27.9. The number of carbonyl (C=O) groups excluding carboxylic acids is 1. The minimum Gasteiger partial charge on any atom is -0.305 e. The number of nitrogens with one attached hydrogen (secondary N) is 1. The summed E-state index contributed by atoms with van der Waals surface area (Å²) in [6.07, 6.45) is 0. The Balaban J connectivity index is 1.93. The molecule has 0 aliphatic carbocycles. The van der Waals surface area contributed by atoms with Crippen LogP contribution in [0.4, 0.5) is 14.6 Å². The highest BCUT2D eigenvalue weighted by molar-refractivity contribution is 6.03. The van der Waals surface area contributed by atoms with Gasteiger partial charge >= 0.3 is 0 Å². The summed E-state index contributed by atoms with van der Waals surface area (Å²) in [5.74, 6) is -0.832. The molecule has 122 valence electrons. The van der Waals surface area contributed by atoms with Crippen LogP contribution in [0.1, 0.15) is 22.0 Å². The van der Waals surface area contributed by atoms with Crippen molar-refractivity contribution in [2.45, 2.75) is 13.8 Å². The van der Waals surface area contributed by atoms with Crippen LogP contribution in [0.2, 0.25) is 0 Å². The topological polar surface area (TPSA) is 59.8 Å². The van der Waals surface area contributed by atoms with E-state index >= 15 is 0 Å². The number of pyridine rings is 1. The number of hydrogen-bond acceptors (Lipinski definition) is 3. The highest BCUT2D eigenvalue weighted by Gasteiger charge is 2.19. The molecule has 1 aromatic carbocycles. The van der Waals surface area contributed by atoms with Gasteiger partial charge in [0, 0.05) is 5.69 Å². The Bertz CT molecular complexity index is 903. The van der Waals surface area contributed by atoms with E-state index < -0.39 is 11.9 Å². The maximum absolute atomic E-state index is 13.1. The van der Waals surface area contributed by atoms with E-state index in [-0.39, 0.29) is 17.3 Å². The van der Waals surface area contributed by atoms with Crippen molar-refractivity contribution in [3.63, 3.8) is 0 Å². The standard InChI is InChI=1S/C17H14F2N4O/c1-10-16(17(24)22-15-5-3-4-14(19)21-15)20-11(2)23(10)13-8-6-12(18)7-9-13/h3-9H,1-2H3,(H,21,22,24). The first kappa shape index (κ1) is 15.8. The number of anilines is 1. The minimum absolute atomic E-state index is 0.105. The van der Waals surface area contributed by atoms with Gasteiger partial charge in [-0.15, -0.1) is 0 Å². The van der Waals surface area contributed by atoms with E-state index in [4.69, 9.17) is 0 Å². The smallest absolute Gasteiger partial charge is 0.277 e. The molecule has 0 aliphatic rings. The molecule has 0 atom stereocenters. The van der Waals surface area contributed by atoms with Crippen LogP contribution in [0, 0.1) is 25.6 Å². The summed E-state index contributed by atoms with van der Waals surface area (Å²) in [6.45, 7) is 3.48. The summed E-state index contributed by atoms with van der Waals surface area (Å²) in [5.41, 5.74) is 1.48. The van der Waals surface area contributed by atoms with Gasteiger partial charge in [0.05, 0.1) is 5.69 Å². The third-order valence-electron chi connectivity index (χ3n) is 3.53. The van der Waals surface area contributed by atoms with Gasteiger partial charge in [0.15, 0.2) is 0 Å². The lowest BCUT2D eigenvalue weighted by Crippen LogP contribution is -2.15. The molecule has 24 heavy (non-hydrogen) atoms. The summed E-state index contributed by atoms with van der Waals surface area (Å²) in [7, 11) is 0. The lowest BCUT2D eigenvalue weighted by molar-refractivity contribution is 0.102. The minimum atomic E-state index is -0.683. The van der Waals surface area contributed by atoms with Gasteiger partial charge < -0.3 is 9.88 Å². The van der Waals surface area contributed by atoms with Crippen LogP contribution in [-0.2, 0) is 0 Å². The molecule has 5 nitrogen and oxygen atoms in total. The van der Waals surface area contributed by atoms with Gasteiger partial charge in [-0.1, -0.05) is 6.07 Å². The van der Waals surface area contributed by atoms with Crippen LogP contribution >= 0.6 is 0 Å². The molecule has 1 N–H and O–H groups in total. The first-order chi connectivity index (χ1) is 11.5. The maximum atomic E-state index is 13.1. The molecule has 0 saturated carbocycles. The van der Waals surface area contributed by atoms with E-state index in [1.807, 2.05) is 0 Å². The zero-order valence-electron chi connectivity index (χ0n) is 13.0. The molecule has 0 radical (unpaired) electrons. The molecule has 2 aromatic heterocycles. The Morgan fingerprint density at radius 3 is 2.42 bits per heavy atom. The van der Waals surface area contributed by atoms with Gasteiger partial charge in [-0.05, 0) is 50.2 Å². The Kier molecular flexibility index (Phi) is 4.07. The quantitative estimate of drug-likeness (QED) is 0.750. The average molecular weight is 328 g/mol. The molecule has 2 heterocycles. The van der Waals surface area contributed by atoms with Crippen LogP contribution in [0.15, 0.2) is 42.5 Å². The number of benzene rings is 1. The fraction of sp³-hybridized carbons (Fsp3) is 0.118. The normalized spacial score (nSPS) is 10.7. The van der Waals surface area contributed by atoms with E-state index in [1.165, 1.54) is 30.3 Å². The summed E-state index contributed by atoms with van der Waals surface area (Å²) in [5, 5.41) is 2.52. The largest absolute Gasteiger partial charge is 0.305 e. The van der Waals surface area contributed by atoms with Crippen molar-refractivity contribution in [2.75, 3.05) is 5.32 Å². The van der Waals surface area contributed by atoms with Crippen molar-refractivity contribution in [1.82, 2.24) is 14.5 Å². The van der Waals surface area contributed by atoms with Crippen molar-refractivity contribution < 1.29 is 13.6 Å². The van der Waals surface area contributed by atoms with Crippen LogP contribution in [-0.4, -0.2) is 20.4 Å². The third-order valence-corrected chi connectivity index (χ3v) is 3.53. The molecule has 0 bridgehead atoms. The van der Waals surface area contributed by atoms with E-state index in [2.05, 4.69) is 15.3 Å². The molecule has 0 aliphatic heterocycles. The number of rotatable bonds is 3. The van der Waals surface area contributed by atoms with Gasteiger partial charge in [0.25, 0.3) is 5.91 Å². The number of aromatic nitrogens is 3. The fourth-order valence-electron chi connectivity index (χ4n) is 2.48. The first-order valence-corrected chi connectivity index (χ1v) is 7.21. The van der Waals surface area contributed by atoms with E-state index in [9.17, 15) is 13.6 Å². The first-order valence-electron chi connectivity index (χ1n) is 7.21. The van der Waals surface area contributed by atoms with Gasteiger partial charge in [0.2, 0.25) is 5.95 Å². The molecular weight excluding hydrogens is 314 g/mol. The number of hydrogen-bond donors (Lipinski definition) is 1. The Labute approximate surface area is 137 Å². The van der Waals surface area contributed by atoms with Crippen LogP contribution in [0.25, 0.3) is 5.69 Å². The number of imidazole rings is 1. The molecule has 0 fully saturated rings. The van der Waals surface area contributed by atoms with Crippen molar-refractivity contribution in [3.05, 3.63) is 71.4 Å². The maximum Gasteiger partial charge on any atom is 0.277 e. The monoisotopic (exact) mass is 328 g/mol. The predicted octanol–water partition coefficient (Wildman–Crippen LogP) is 3.41. The van der Waals surface area contributed by atoms with Crippen molar-refractivity contribution in [3.8, 4) is 5.69 Å². The second kappa shape index (κ2) is 6.19. The molecule has 3 aromatic rings. The lowest BCUT2D eigenvalue weighted by atomic mass is 10.2. The van der Waals surface area contributed by atoms with E-state index in [0.717, 1.165) is 0 Å². The number of carbonyl (C=O) groups is 1. The summed E-state index contributed by atoms with van der Waals surface area (Å²) >= 11 is 0. The van der Waals surface area contributed by atoms with Crippen molar-refractivity contribution in [1.29, 1.82) is 0 Å². The molecule has 0 unspecified atom stereocenters.